The number of ether oxygens (including phenoxy) is 1. The van der Waals surface area contributed by atoms with Crippen LogP contribution in [-0.4, -0.2) is 31.1 Å². The van der Waals surface area contributed by atoms with Crippen LogP contribution in [0.3, 0.4) is 0 Å². The minimum atomic E-state index is -1.36. The Hall–Kier alpha value is -4.54. The van der Waals surface area contributed by atoms with Crippen LogP contribution in [0, 0.1) is 5.82 Å². The first-order valence-electron chi connectivity index (χ1n) is 10.3. The first-order valence-corrected chi connectivity index (χ1v) is 10.3. The number of nitrogens with zero attached hydrogens (tertiary/aromatic N) is 4. The van der Waals surface area contributed by atoms with Gasteiger partial charge in [0.2, 0.25) is 5.95 Å². The van der Waals surface area contributed by atoms with Crippen LogP contribution in [0.4, 0.5) is 16.0 Å². The van der Waals surface area contributed by atoms with Crippen molar-refractivity contribution in [3.05, 3.63) is 93.2 Å². The maximum Gasteiger partial charge on any atom is 0.355 e. The van der Waals surface area contributed by atoms with Gasteiger partial charge in [-0.1, -0.05) is 18.2 Å². The summed E-state index contributed by atoms with van der Waals surface area (Å²) in [6.07, 6.45) is 5.18. The Morgan fingerprint density at radius 2 is 1.82 bits per heavy atom. The van der Waals surface area contributed by atoms with Crippen LogP contribution in [0.15, 0.2) is 75.4 Å². The lowest BCUT2D eigenvalue weighted by atomic mass is 10.2. The van der Waals surface area contributed by atoms with Gasteiger partial charge in [0.15, 0.2) is 5.90 Å². The number of halogens is 1. The molecule has 0 saturated carbocycles. The first-order chi connectivity index (χ1) is 16.4. The van der Waals surface area contributed by atoms with Crippen molar-refractivity contribution in [2.75, 3.05) is 5.32 Å². The molecule has 0 fully saturated rings. The van der Waals surface area contributed by atoms with E-state index >= 15 is 0 Å². The van der Waals surface area contributed by atoms with Crippen molar-refractivity contribution in [1.82, 2.24) is 14.1 Å². The number of hydrogen-bond donors (Lipinski definition) is 2. The van der Waals surface area contributed by atoms with Gasteiger partial charge in [0.25, 0.3) is 0 Å². The number of carbonyl (C=O) groups is 1. The SMILES string of the molecule is O=C(O)Cn1c(=O)nc(Nc2ccc(OC3=NC=CCC3)cc2)n(Cc2ccc(F)cc2)c1=O. The number of hydrogen-bond acceptors (Lipinski definition) is 7. The summed E-state index contributed by atoms with van der Waals surface area (Å²) in [6.45, 7) is -0.900. The standard InChI is InChI=1S/C23H20FN5O5/c24-16-6-4-15(5-7-16)13-28-21(27-22(32)29(23(28)33)14-20(30)31)26-17-8-10-18(11-9-17)34-19-3-1-2-12-25-19/h2,4-12H,1,3,13-14H2,(H,30,31)(H,26,27,32). The molecule has 0 bridgehead atoms. The van der Waals surface area contributed by atoms with Crippen molar-refractivity contribution in [1.29, 1.82) is 0 Å². The topological polar surface area (TPSA) is 128 Å². The molecule has 1 aromatic heterocycles. The molecule has 10 nitrogen and oxygen atoms in total. The number of allylic oxidation sites excluding steroid dienone is 1. The van der Waals surface area contributed by atoms with Crippen LogP contribution in [0.25, 0.3) is 0 Å². The lowest BCUT2D eigenvalue weighted by molar-refractivity contribution is -0.137. The van der Waals surface area contributed by atoms with E-state index in [1.54, 1.807) is 30.5 Å². The Bertz CT molecular complexity index is 1370. The summed E-state index contributed by atoms with van der Waals surface area (Å²) in [6, 6.07) is 12.2. The number of aliphatic carboxylic acids is 1. The maximum atomic E-state index is 13.3. The van der Waals surface area contributed by atoms with E-state index in [2.05, 4.69) is 15.3 Å². The van der Waals surface area contributed by atoms with E-state index < -0.39 is 29.7 Å². The van der Waals surface area contributed by atoms with Crippen molar-refractivity contribution >= 4 is 23.5 Å². The van der Waals surface area contributed by atoms with Crippen LogP contribution < -0.4 is 21.4 Å². The Kier molecular flexibility index (Phi) is 6.62. The monoisotopic (exact) mass is 465 g/mol. The molecule has 3 aromatic rings. The summed E-state index contributed by atoms with van der Waals surface area (Å²) in [7, 11) is 0. The molecular weight excluding hydrogens is 445 g/mol. The Balaban J connectivity index is 1.64. The number of aliphatic imine (C=N–C) groups is 1. The number of rotatable bonds is 7. The predicted octanol–water partition coefficient (Wildman–Crippen LogP) is 2.51. The van der Waals surface area contributed by atoms with Crippen molar-refractivity contribution in [3.63, 3.8) is 0 Å². The zero-order valence-corrected chi connectivity index (χ0v) is 17.8. The van der Waals surface area contributed by atoms with Crippen molar-refractivity contribution in [2.45, 2.75) is 25.9 Å². The Labute approximate surface area is 192 Å². The van der Waals surface area contributed by atoms with Gasteiger partial charge in [-0.15, -0.1) is 0 Å². The molecule has 1 aliphatic heterocycles. The Morgan fingerprint density at radius 1 is 1.09 bits per heavy atom. The smallest absolute Gasteiger partial charge is 0.355 e. The Morgan fingerprint density at radius 3 is 2.47 bits per heavy atom. The van der Waals surface area contributed by atoms with E-state index in [0.717, 1.165) is 11.0 Å². The number of anilines is 2. The molecule has 1 aliphatic rings. The van der Waals surface area contributed by atoms with Gasteiger partial charge in [0, 0.05) is 18.3 Å². The second-order valence-corrected chi connectivity index (χ2v) is 7.39. The molecule has 174 valence electrons. The highest BCUT2D eigenvalue weighted by molar-refractivity contribution is 5.80. The van der Waals surface area contributed by atoms with Gasteiger partial charge in [-0.25, -0.2) is 23.5 Å². The normalized spacial score (nSPS) is 12.8. The molecule has 0 atom stereocenters. The summed E-state index contributed by atoms with van der Waals surface area (Å²) < 4.78 is 20.6. The van der Waals surface area contributed by atoms with Gasteiger partial charge in [-0.2, -0.15) is 4.98 Å². The zero-order valence-electron chi connectivity index (χ0n) is 17.8. The highest BCUT2D eigenvalue weighted by Gasteiger charge is 2.16. The summed E-state index contributed by atoms with van der Waals surface area (Å²) in [5.41, 5.74) is -0.806. The van der Waals surface area contributed by atoms with E-state index in [-0.39, 0.29) is 12.5 Å². The quantitative estimate of drug-likeness (QED) is 0.549. The van der Waals surface area contributed by atoms with Gasteiger partial charge >= 0.3 is 17.3 Å². The van der Waals surface area contributed by atoms with Gasteiger partial charge in [-0.05, 0) is 48.4 Å². The molecule has 2 N–H and O–H groups in total. The molecule has 0 aliphatic carbocycles. The molecule has 2 aromatic carbocycles. The molecule has 0 spiro atoms. The van der Waals surface area contributed by atoms with Crippen molar-refractivity contribution in [3.8, 4) is 5.75 Å². The van der Waals surface area contributed by atoms with E-state index in [1.165, 1.54) is 24.3 Å². The average molecular weight is 465 g/mol. The highest BCUT2D eigenvalue weighted by atomic mass is 19.1. The van der Waals surface area contributed by atoms with Gasteiger partial charge < -0.3 is 15.2 Å². The summed E-state index contributed by atoms with van der Waals surface area (Å²) in [5, 5.41) is 12.0. The van der Waals surface area contributed by atoms with Crippen LogP contribution in [0.1, 0.15) is 18.4 Å². The molecule has 11 heteroatoms. The van der Waals surface area contributed by atoms with E-state index in [1.807, 2.05) is 6.08 Å². The molecular formula is C23H20FN5O5. The first kappa shape index (κ1) is 22.6. The number of nitrogens with one attached hydrogen (secondary N) is 1. The second kappa shape index (κ2) is 9.94. The van der Waals surface area contributed by atoms with Crippen LogP contribution in [0.5, 0.6) is 5.75 Å². The third kappa shape index (κ3) is 5.44. The fraction of sp³-hybridized carbons (Fsp3) is 0.174. The molecule has 4 rings (SSSR count). The predicted molar refractivity (Wildman–Crippen MR) is 122 cm³/mol. The number of aromatic nitrogens is 3. The molecule has 0 radical (unpaired) electrons. The van der Waals surface area contributed by atoms with Crippen molar-refractivity contribution in [2.24, 2.45) is 4.99 Å². The molecule has 0 unspecified atom stereocenters. The summed E-state index contributed by atoms with van der Waals surface area (Å²) >= 11 is 0. The number of carboxylic acid groups (broad SMARTS) is 1. The van der Waals surface area contributed by atoms with Gasteiger partial charge in [0.1, 0.15) is 18.1 Å². The second-order valence-electron chi connectivity index (χ2n) is 7.39. The summed E-state index contributed by atoms with van der Waals surface area (Å²) in [4.78, 5) is 44.5. The zero-order chi connectivity index (χ0) is 24.1. The minimum Gasteiger partial charge on any atom is -0.480 e. The average Bonchev–Trinajstić information content (AvgIpc) is 2.82. The molecule has 2 heterocycles. The molecule has 0 amide bonds. The fourth-order valence-corrected chi connectivity index (χ4v) is 3.24. The largest absolute Gasteiger partial charge is 0.480 e. The van der Waals surface area contributed by atoms with Gasteiger partial charge in [-0.3, -0.25) is 9.36 Å². The molecule has 0 saturated heterocycles. The van der Waals surface area contributed by atoms with E-state index in [9.17, 15) is 18.8 Å². The van der Waals surface area contributed by atoms with Crippen LogP contribution in [0.2, 0.25) is 0 Å². The van der Waals surface area contributed by atoms with Crippen LogP contribution >= 0.6 is 0 Å². The molecule has 34 heavy (non-hydrogen) atoms. The summed E-state index contributed by atoms with van der Waals surface area (Å²) in [5.74, 6) is -0.728. The lowest BCUT2D eigenvalue weighted by Crippen LogP contribution is -2.44. The van der Waals surface area contributed by atoms with E-state index in [4.69, 9.17) is 9.84 Å². The van der Waals surface area contributed by atoms with E-state index in [0.29, 0.717) is 33.9 Å². The van der Waals surface area contributed by atoms with Crippen molar-refractivity contribution < 1.29 is 19.0 Å². The third-order valence-corrected chi connectivity index (χ3v) is 4.89. The lowest BCUT2D eigenvalue weighted by Gasteiger charge is -2.15. The number of carboxylic acids is 1. The number of benzene rings is 2. The third-order valence-electron chi connectivity index (χ3n) is 4.89. The van der Waals surface area contributed by atoms with Crippen LogP contribution in [-0.2, 0) is 17.9 Å². The van der Waals surface area contributed by atoms with Gasteiger partial charge in [0.05, 0.1) is 6.54 Å². The maximum absolute atomic E-state index is 13.3. The highest BCUT2D eigenvalue weighted by Crippen LogP contribution is 2.20. The minimum absolute atomic E-state index is 0.0666. The fourth-order valence-electron chi connectivity index (χ4n) is 3.24.